The van der Waals surface area contributed by atoms with Gasteiger partial charge in [0, 0.05) is 12.2 Å². The highest BCUT2D eigenvalue weighted by atomic mass is 16.5. The second kappa shape index (κ2) is 8.34. The fraction of sp³-hybridized carbons (Fsp3) is 0.318. The number of hydrogen-bond acceptors (Lipinski definition) is 5. The summed E-state index contributed by atoms with van der Waals surface area (Å²) in [7, 11) is 1.61. The van der Waals surface area contributed by atoms with Crippen LogP contribution in [0.2, 0.25) is 0 Å². The number of urea groups is 1. The van der Waals surface area contributed by atoms with Gasteiger partial charge >= 0.3 is 6.03 Å². The number of para-hydroxylation sites is 1. The second-order valence-electron chi connectivity index (χ2n) is 6.99. The van der Waals surface area contributed by atoms with Gasteiger partial charge in [0.05, 0.1) is 12.7 Å². The van der Waals surface area contributed by atoms with Crippen molar-refractivity contribution in [2.24, 2.45) is 0 Å². The summed E-state index contributed by atoms with van der Waals surface area (Å²) >= 11 is 0. The van der Waals surface area contributed by atoms with Crippen LogP contribution in [-0.4, -0.2) is 34.7 Å². The Bertz CT molecular complexity index is 1000. The number of benzene rings is 2. The van der Waals surface area contributed by atoms with Gasteiger partial charge in [-0.1, -0.05) is 36.3 Å². The first-order chi connectivity index (χ1) is 14.2. The van der Waals surface area contributed by atoms with Gasteiger partial charge in [-0.05, 0) is 49.1 Å². The minimum absolute atomic E-state index is 0.155. The molecule has 1 aliphatic heterocycles. The third-order valence-electron chi connectivity index (χ3n) is 5.17. The normalized spacial score (nSPS) is 16.1. The molecule has 0 saturated carbocycles. The number of aromatic nitrogens is 2. The first-order valence-corrected chi connectivity index (χ1v) is 9.83. The fourth-order valence-corrected chi connectivity index (χ4v) is 3.64. The van der Waals surface area contributed by atoms with Crippen molar-refractivity contribution in [1.82, 2.24) is 15.0 Å². The van der Waals surface area contributed by atoms with Gasteiger partial charge < -0.3 is 19.5 Å². The Labute approximate surface area is 169 Å². The molecule has 7 nitrogen and oxygen atoms in total. The van der Waals surface area contributed by atoms with E-state index in [9.17, 15) is 4.79 Å². The van der Waals surface area contributed by atoms with Crippen LogP contribution in [0.4, 0.5) is 10.5 Å². The van der Waals surface area contributed by atoms with Gasteiger partial charge in [0.1, 0.15) is 11.8 Å². The average molecular weight is 392 g/mol. The zero-order chi connectivity index (χ0) is 20.2. The molecular weight excluding hydrogens is 368 g/mol. The lowest BCUT2D eigenvalue weighted by atomic mass is 10.1. The highest BCUT2D eigenvalue weighted by Gasteiger charge is 2.34. The average Bonchev–Trinajstić information content (AvgIpc) is 3.43. The van der Waals surface area contributed by atoms with E-state index >= 15 is 0 Å². The van der Waals surface area contributed by atoms with Gasteiger partial charge in [-0.15, -0.1) is 0 Å². The van der Waals surface area contributed by atoms with E-state index in [-0.39, 0.29) is 12.1 Å². The standard InChI is InChI=1S/C22H24N4O3/c1-3-15-8-6-9-16(14-15)23-22(27)26-13-7-11-18(26)21-24-20(25-29-21)17-10-4-5-12-19(17)28-2/h4-6,8-10,12,14,18H,3,7,11,13H2,1-2H3,(H,23,27). The topological polar surface area (TPSA) is 80.5 Å². The molecule has 2 amide bonds. The summed E-state index contributed by atoms with van der Waals surface area (Å²) in [5, 5.41) is 7.11. The zero-order valence-electron chi connectivity index (χ0n) is 16.6. The fourth-order valence-electron chi connectivity index (χ4n) is 3.64. The number of methoxy groups -OCH3 is 1. The van der Waals surface area contributed by atoms with Crippen LogP contribution in [0, 0.1) is 0 Å². The molecule has 1 N–H and O–H groups in total. The van der Waals surface area contributed by atoms with Crippen molar-refractivity contribution >= 4 is 11.7 Å². The molecule has 150 valence electrons. The number of carbonyl (C=O) groups excluding carboxylic acids is 1. The van der Waals surface area contributed by atoms with Crippen molar-refractivity contribution in [1.29, 1.82) is 0 Å². The molecule has 0 bridgehead atoms. The quantitative estimate of drug-likeness (QED) is 0.682. The third-order valence-corrected chi connectivity index (χ3v) is 5.17. The van der Waals surface area contributed by atoms with Gasteiger partial charge in [-0.25, -0.2) is 4.79 Å². The summed E-state index contributed by atoms with van der Waals surface area (Å²) in [6.07, 6.45) is 2.60. The van der Waals surface area contributed by atoms with Gasteiger partial charge in [-0.3, -0.25) is 0 Å². The van der Waals surface area contributed by atoms with Gasteiger partial charge in [0.2, 0.25) is 11.7 Å². The molecule has 0 spiro atoms. The van der Waals surface area contributed by atoms with E-state index in [0.717, 1.165) is 30.5 Å². The van der Waals surface area contributed by atoms with E-state index in [1.165, 1.54) is 5.56 Å². The SMILES string of the molecule is CCc1cccc(NC(=O)N2CCCC2c2nc(-c3ccccc3OC)no2)c1. The zero-order valence-corrected chi connectivity index (χ0v) is 16.6. The third kappa shape index (κ3) is 3.94. The Morgan fingerprint density at radius 1 is 1.28 bits per heavy atom. The number of likely N-dealkylation sites (tertiary alicyclic amines) is 1. The first-order valence-electron chi connectivity index (χ1n) is 9.83. The van der Waals surface area contributed by atoms with Crippen LogP contribution >= 0.6 is 0 Å². The summed E-state index contributed by atoms with van der Waals surface area (Å²) in [6.45, 7) is 2.74. The van der Waals surface area contributed by atoms with Crippen molar-refractivity contribution in [3.05, 3.63) is 60.0 Å². The Morgan fingerprint density at radius 2 is 2.14 bits per heavy atom. The van der Waals surface area contributed by atoms with E-state index in [4.69, 9.17) is 9.26 Å². The number of amides is 2. The number of anilines is 1. The smallest absolute Gasteiger partial charge is 0.322 e. The molecule has 1 saturated heterocycles. The number of ether oxygens (including phenoxy) is 1. The van der Waals surface area contributed by atoms with Crippen molar-refractivity contribution in [2.45, 2.75) is 32.2 Å². The number of nitrogens with zero attached hydrogens (tertiary/aromatic N) is 3. The van der Waals surface area contributed by atoms with Crippen LogP contribution in [0.5, 0.6) is 5.75 Å². The van der Waals surface area contributed by atoms with Gasteiger partial charge in [0.25, 0.3) is 0 Å². The van der Waals surface area contributed by atoms with Crippen LogP contribution in [0.25, 0.3) is 11.4 Å². The van der Waals surface area contributed by atoms with Crippen LogP contribution < -0.4 is 10.1 Å². The van der Waals surface area contributed by atoms with E-state index in [2.05, 4.69) is 22.4 Å². The number of carbonyl (C=O) groups is 1. The molecule has 3 aromatic rings. The molecule has 4 rings (SSSR count). The lowest BCUT2D eigenvalue weighted by Gasteiger charge is -2.22. The van der Waals surface area contributed by atoms with Crippen LogP contribution in [0.1, 0.15) is 37.3 Å². The lowest BCUT2D eigenvalue weighted by molar-refractivity contribution is 0.193. The van der Waals surface area contributed by atoms with E-state index in [0.29, 0.717) is 24.0 Å². The van der Waals surface area contributed by atoms with Crippen molar-refractivity contribution < 1.29 is 14.1 Å². The molecule has 29 heavy (non-hydrogen) atoms. The summed E-state index contributed by atoms with van der Waals surface area (Å²) < 4.78 is 10.9. The molecule has 7 heteroatoms. The molecule has 0 aliphatic carbocycles. The highest BCUT2D eigenvalue weighted by Crippen LogP contribution is 2.34. The molecular formula is C22H24N4O3. The molecule has 1 atom stereocenters. The van der Waals surface area contributed by atoms with E-state index < -0.39 is 0 Å². The van der Waals surface area contributed by atoms with E-state index in [1.54, 1.807) is 12.0 Å². The number of nitrogens with one attached hydrogen (secondary N) is 1. The van der Waals surface area contributed by atoms with E-state index in [1.807, 2.05) is 48.5 Å². The molecule has 0 radical (unpaired) electrons. The van der Waals surface area contributed by atoms with Crippen LogP contribution in [0.15, 0.2) is 53.1 Å². The van der Waals surface area contributed by atoms with Crippen molar-refractivity contribution in [3.8, 4) is 17.1 Å². The Balaban J connectivity index is 1.53. The van der Waals surface area contributed by atoms with Crippen LogP contribution in [0.3, 0.4) is 0 Å². The summed E-state index contributed by atoms with van der Waals surface area (Å²) in [4.78, 5) is 19.2. The second-order valence-corrected chi connectivity index (χ2v) is 6.99. The summed E-state index contributed by atoms with van der Waals surface area (Å²) in [5.74, 6) is 1.58. The monoisotopic (exact) mass is 392 g/mol. The summed E-state index contributed by atoms with van der Waals surface area (Å²) in [6, 6.07) is 15.0. The largest absolute Gasteiger partial charge is 0.496 e. The van der Waals surface area contributed by atoms with Gasteiger partial charge in [0.15, 0.2) is 0 Å². The number of rotatable bonds is 5. The molecule has 2 aromatic carbocycles. The summed E-state index contributed by atoms with van der Waals surface area (Å²) in [5.41, 5.74) is 2.73. The predicted molar refractivity (Wildman–Crippen MR) is 110 cm³/mol. The molecule has 1 fully saturated rings. The Kier molecular flexibility index (Phi) is 5.46. The Morgan fingerprint density at radius 3 is 2.97 bits per heavy atom. The minimum Gasteiger partial charge on any atom is -0.496 e. The maximum atomic E-state index is 12.9. The highest BCUT2D eigenvalue weighted by molar-refractivity contribution is 5.89. The molecule has 1 aromatic heterocycles. The van der Waals surface area contributed by atoms with Gasteiger partial charge in [-0.2, -0.15) is 4.98 Å². The maximum Gasteiger partial charge on any atom is 0.322 e. The predicted octanol–water partition coefficient (Wildman–Crippen LogP) is 4.68. The molecule has 1 unspecified atom stereocenters. The minimum atomic E-state index is -0.236. The number of hydrogen-bond donors (Lipinski definition) is 1. The van der Waals surface area contributed by atoms with Crippen molar-refractivity contribution in [3.63, 3.8) is 0 Å². The van der Waals surface area contributed by atoms with Crippen molar-refractivity contribution in [2.75, 3.05) is 19.0 Å². The molecule has 2 heterocycles. The first kappa shape index (κ1) is 19.0. The maximum absolute atomic E-state index is 12.9. The lowest BCUT2D eigenvalue weighted by Crippen LogP contribution is -2.34. The van der Waals surface area contributed by atoms with Crippen LogP contribution in [-0.2, 0) is 6.42 Å². The molecule has 1 aliphatic rings. The Hall–Kier alpha value is -3.35. The number of aryl methyl sites for hydroxylation is 1.